The number of aryl methyl sites for hydroxylation is 1. The van der Waals surface area contributed by atoms with E-state index in [2.05, 4.69) is 4.72 Å². The van der Waals surface area contributed by atoms with Crippen LogP contribution in [0.5, 0.6) is 0 Å². The molecule has 0 atom stereocenters. The quantitative estimate of drug-likeness (QED) is 0.927. The van der Waals surface area contributed by atoms with Crippen LogP contribution in [0.4, 0.5) is 15.8 Å². The molecule has 0 aliphatic carbocycles. The van der Waals surface area contributed by atoms with Crippen LogP contribution < -0.4 is 9.62 Å². The minimum atomic E-state index is -3.81. The number of anilines is 2. The predicted octanol–water partition coefficient (Wildman–Crippen LogP) is 2.84. The number of amides is 1. The molecule has 5 nitrogen and oxygen atoms in total. The van der Waals surface area contributed by atoms with Gasteiger partial charge in [0.15, 0.2) is 0 Å². The Bertz CT molecular complexity index is 925. The van der Waals surface area contributed by atoms with Crippen LogP contribution in [0.3, 0.4) is 0 Å². The van der Waals surface area contributed by atoms with Gasteiger partial charge in [-0.15, -0.1) is 0 Å². The van der Waals surface area contributed by atoms with E-state index in [-0.39, 0.29) is 10.8 Å². The summed E-state index contributed by atoms with van der Waals surface area (Å²) in [6.45, 7) is 3.64. The van der Waals surface area contributed by atoms with Crippen molar-refractivity contribution in [2.45, 2.75) is 25.2 Å². The van der Waals surface area contributed by atoms with Gasteiger partial charge in [-0.3, -0.25) is 9.52 Å². The van der Waals surface area contributed by atoms with Crippen molar-refractivity contribution in [3.63, 3.8) is 0 Å². The lowest BCUT2D eigenvalue weighted by Crippen LogP contribution is -2.25. The topological polar surface area (TPSA) is 66.5 Å². The Morgan fingerprint density at radius 1 is 1.21 bits per heavy atom. The van der Waals surface area contributed by atoms with Gasteiger partial charge in [0, 0.05) is 24.8 Å². The van der Waals surface area contributed by atoms with Crippen LogP contribution in [0.1, 0.15) is 18.1 Å². The van der Waals surface area contributed by atoms with Gasteiger partial charge in [0.05, 0.1) is 4.90 Å². The molecule has 1 aliphatic rings. The first-order valence-electron chi connectivity index (χ1n) is 7.48. The van der Waals surface area contributed by atoms with Crippen molar-refractivity contribution in [2.75, 3.05) is 16.2 Å². The third-order valence-corrected chi connectivity index (χ3v) is 5.58. The van der Waals surface area contributed by atoms with Crippen molar-refractivity contribution in [3.05, 3.63) is 53.3 Å². The number of rotatable bonds is 3. The molecule has 0 bridgehead atoms. The van der Waals surface area contributed by atoms with Gasteiger partial charge in [-0.2, -0.15) is 0 Å². The fraction of sp³-hybridized carbons (Fsp3) is 0.235. The van der Waals surface area contributed by atoms with Crippen molar-refractivity contribution < 1.29 is 17.6 Å². The van der Waals surface area contributed by atoms with Crippen LogP contribution in [0, 0.1) is 12.7 Å². The summed E-state index contributed by atoms with van der Waals surface area (Å²) in [4.78, 5) is 13.3. The normalized spacial score (nSPS) is 13.7. The number of hydrogen-bond donors (Lipinski definition) is 1. The zero-order valence-electron chi connectivity index (χ0n) is 13.3. The Labute approximate surface area is 140 Å². The summed E-state index contributed by atoms with van der Waals surface area (Å²) in [7, 11) is -3.81. The van der Waals surface area contributed by atoms with E-state index in [1.54, 1.807) is 30.0 Å². The molecule has 1 heterocycles. The third-order valence-electron chi connectivity index (χ3n) is 4.03. The number of benzene rings is 2. The Hall–Kier alpha value is -2.41. The van der Waals surface area contributed by atoms with Crippen molar-refractivity contribution in [1.29, 1.82) is 0 Å². The molecular weight excluding hydrogens is 331 g/mol. The van der Waals surface area contributed by atoms with Crippen LogP contribution in [0.25, 0.3) is 0 Å². The molecule has 1 amide bonds. The summed E-state index contributed by atoms with van der Waals surface area (Å²) in [6, 6.07) is 8.64. The Kier molecular flexibility index (Phi) is 4.04. The molecular formula is C17H17FN2O3S. The molecule has 0 saturated carbocycles. The monoisotopic (exact) mass is 348 g/mol. The molecule has 24 heavy (non-hydrogen) atoms. The number of hydrogen-bond acceptors (Lipinski definition) is 3. The smallest absolute Gasteiger partial charge is 0.262 e. The summed E-state index contributed by atoms with van der Waals surface area (Å²) < 4.78 is 40.7. The van der Waals surface area contributed by atoms with E-state index in [4.69, 9.17) is 0 Å². The lowest BCUT2D eigenvalue weighted by atomic mass is 10.1. The third kappa shape index (κ3) is 2.99. The van der Waals surface area contributed by atoms with Gasteiger partial charge in [0.25, 0.3) is 10.0 Å². The van der Waals surface area contributed by atoms with E-state index in [1.807, 2.05) is 0 Å². The SMILES string of the molecule is CC(=O)N1CCc2cc(NS(=O)(=O)c3ccc(F)cc3C)ccc21. The molecule has 2 aromatic rings. The number of halogens is 1. The second-order valence-corrected chi connectivity index (χ2v) is 7.43. The van der Waals surface area contributed by atoms with Crippen molar-refractivity contribution in [1.82, 2.24) is 0 Å². The van der Waals surface area contributed by atoms with E-state index in [0.29, 0.717) is 24.2 Å². The van der Waals surface area contributed by atoms with Crippen molar-refractivity contribution >= 4 is 27.3 Å². The first kappa shape index (κ1) is 16.4. The second-order valence-electron chi connectivity index (χ2n) is 5.78. The molecule has 3 rings (SSSR count). The number of carbonyl (C=O) groups excluding carboxylic acids is 1. The zero-order chi connectivity index (χ0) is 17.5. The van der Waals surface area contributed by atoms with Gasteiger partial charge in [-0.1, -0.05) is 0 Å². The maximum Gasteiger partial charge on any atom is 0.262 e. The minimum Gasteiger partial charge on any atom is -0.312 e. The van der Waals surface area contributed by atoms with Crippen LogP contribution in [0.2, 0.25) is 0 Å². The standard InChI is InChI=1S/C17H17FN2O3S/c1-11-9-14(18)3-6-17(11)24(22,23)19-15-4-5-16-13(10-15)7-8-20(16)12(2)21/h3-6,9-10,19H,7-8H2,1-2H3. The van der Waals surface area contributed by atoms with Crippen LogP contribution in [-0.4, -0.2) is 20.9 Å². The first-order valence-corrected chi connectivity index (χ1v) is 8.96. The molecule has 0 radical (unpaired) electrons. The lowest BCUT2D eigenvalue weighted by Gasteiger charge is -2.15. The number of sulfonamides is 1. The van der Waals surface area contributed by atoms with Gasteiger partial charge in [-0.05, 0) is 60.9 Å². The highest BCUT2D eigenvalue weighted by atomic mass is 32.2. The Morgan fingerprint density at radius 2 is 1.96 bits per heavy atom. The molecule has 2 aromatic carbocycles. The van der Waals surface area contributed by atoms with Gasteiger partial charge < -0.3 is 4.90 Å². The largest absolute Gasteiger partial charge is 0.312 e. The highest BCUT2D eigenvalue weighted by Gasteiger charge is 2.23. The number of nitrogens with one attached hydrogen (secondary N) is 1. The molecule has 1 N–H and O–H groups in total. The van der Waals surface area contributed by atoms with Gasteiger partial charge in [0.2, 0.25) is 5.91 Å². The summed E-state index contributed by atoms with van der Waals surface area (Å²) in [5.74, 6) is -0.516. The van der Waals surface area contributed by atoms with Crippen molar-refractivity contribution in [3.8, 4) is 0 Å². The molecule has 1 aliphatic heterocycles. The van der Waals surface area contributed by atoms with Crippen LogP contribution in [0.15, 0.2) is 41.3 Å². The second kappa shape index (κ2) is 5.90. The maximum absolute atomic E-state index is 13.2. The number of nitrogens with zero attached hydrogens (tertiary/aromatic N) is 1. The van der Waals surface area contributed by atoms with Crippen molar-refractivity contribution in [2.24, 2.45) is 0 Å². The van der Waals surface area contributed by atoms with E-state index in [9.17, 15) is 17.6 Å². The van der Waals surface area contributed by atoms with E-state index < -0.39 is 15.8 Å². The Morgan fingerprint density at radius 3 is 2.62 bits per heavy atom. The van der Waals surface area contributed by atoms with Crippen LogP contribution >= 0.6 is 0 Å². The molecule has 0 fully saturated rings. The van der Waals surface area contributed by atoms with Gasteiger partial charge in [-0.25, -0.2) is 12.8 Å². The van der Waals surface area contributed by atoms with Gasteiger partial charge in [0.1, 0.15) is 5.82 Å². The lowest BCUT2D eigenvalue weighted by molar-refractivity contribution is -0.116. The summed E-state index contributed by atoms with van der Waals surface area (Å²) >= 11 is 0. The van der Waals surface area contributed by atoms with E-state index in [0.717, 1.165) is 17.3 Å². The molecule has 0 unspecified atom stereocenters. The minimum absolute atomic E-state index is 0.0368. The molecule has 126 valence electrons. The maximum atomic E-state index is 13.2. The highest BCUT2D eigenvalue weighted by Crippen LogP contribution is 2.31. The average molecular weight is 348 g/mol. The fourth-order valence-electron chi connectivity index (χ4n) is 2.92. The summed E-state index contributed by atoms with van der Waals surface area (Å²) in [5, 5.41) is 0. The molecule has 0 spiro atoms. The first-order chi connectivity index (χ1) is 11.3. The van der Waals surface area contributed by atoms with Crippen LogP contribution in [-0.2, 0) is 21.2 Å². The fourth-order valence-corrected chi connectivity index (χ4v) is 4.19. The highest BCUT2D eigenvalue weighted by molar-refractivity contribution is 7.92. The summed E-state index contributed by atoms with van der Waals surface area (Å²) in [5.41, 5.74) is 2.49. The Balaban J connectivity index is 1.90. The van der Waals surface area contributed by atoms with Gasteiger partial charge >= 0.3 is 0 Å². The number of carbonyl (C=O) groups is 1. The average Bonchev–Trinajstić information content (AvgIpc) is 2.89. The van der Waals surface area contributed by atoms with E-state index >= 15 is 0 Å². The number of fused-ring (bicyclic) bond motifs is 1. The summed E-state index contributed by atoms with van der Waals surface area (Å²) in [6.07, 6.45) is 0.681. The zero-order valence-corrected chi connectivity index (χ0v) is 14.2. The molecule has 0 aromatic heterocycles. The molecule has 0 saturated heterocycles. The van der Waals surface area contributed by atoms with E-state index in [1.165, 1.54) is 19.1 Å². The predicted molar refractivity (Wildman–Crippen MR) is 90.1 cm³/mol. The molecule has 7 heteroatoms.